The van der Waals surface area contributed by atoms with Crippen LogP contribution in [0.4, 0.5) is 8.78 Å². The van der Waals surface area contributed by atoms with Crippen LogP contribution in [0.3, 0.4) is 0 Å². The van der Waals surface area contributed by atoms with Crippen LogP contribution in [0, 0.1) is 0 Å². The van der Waals surface area contributed by atoms with Gasteiger partial charge in [-0.25, -0.2) is 4.21 Å². The van der Waals surface area contributed by atoms with Gasteiger partial charge in [0.05, 0.1) is 4.90 Å². The van der Waals surface area contributed by atoms with Crippen LogP contribution in [0.2, 0.25) is 18.1 Å². The summed E-state index contributed by atoms with van der Waals surface area (Å²) >= 11 is 0. The maximum Gasteiger partial charge on any atom is 0.387 e. The first-order chi connectivity index (χ1) is 9.35. The van der Waals surface area contributed by atoms with Crippen molar-refractivity contribution in [3.8, 4) is 5.75 Å². The highest BCUT2D eigenvalue weighted by molar-refractivity contribution is 8.16. The molecule has 0 saturated carbocycles. The largest absolute Gasteiger partial charge is 0.435 e. The molecule has 0 aliphatic rings. The molecule has 0 N–H and O–H groups in total. The normalized spacial score (nSPS) is 15.7. The Kier molecular flexibility index (Phi) is 5.44. The monoisotopic (exact) mass is 355 g/mol. The molecule has 21 heavy (non-hydrogen) atoms. The van der Waals surface area contributed by atoms with Crippen LogP contribution < -0.4 is 4.74 Å². The molecular formula is C13H20ClF2NO2SSi. The molecule has 0 aliphatic heterocycles. The van der Waals surface area contributed by atoms with E-state index in [1.165, 1.54) is 24.3 Å². The van der Waals surface area contributed by atoms with Crippen LogP contribution in [-0.4, -0.2) is 19.1 Å². The van der Waals surface area contributed by atoms with Crippen LogP contribution in [0.25, 0.3) is 0 Å². The Morgan fingerprint density at radius 3 is 2.10 bits per heavy atom. The van der Waals surface area contributed by atoms with E-state index in [2.05, 4.69) is 8.77 Å². The van der Waals surface area contributed by atoms with E-state index in [1.807, 2.05) is 33.9 Å². The number of alkyl halides is 2. The third-order valence-electron chi connectivity index (χ3n) is 3.52. The van der Waals surface area contributed by atoms with E-state index in [0.717, 1.165) is 0 Å². The molecular weight excluding hydrogens is 336 g/mol. The van der Waals surface area contributed by atoms with E-state index < -0.39 is 23.8 Å². The van der Waals surface area contributed by atoms with Gasteiger partial charge in [-0.2, -0.15) is 8.78 Å². The molecule has 1 aromatic carbocycles. The van der Waals surface area contributed by atoms with Crippen LogP contribution in [0.5, 0.6) is 5.75 Å². The average Bonchev–Trinajstić information content (AvgIpc) is 2.25. The standard InChI is InChI=1S/C13H20ClF2NO2SSi/c1-13(2,3)21(4,5)17-20(14,18)11-8-6-10(7-9-11)19-12(15)16/h6-9,12H,1-5H3. The van der Waals surface area contributed by atoms with Crippen molar-refractivity contribution >= 4 is 27.9 Å². The van der Waals surface area contributed by atoms with Crippen molar-refractivity contribution in [1.82, 2.24) is 0 Å². The van der Waals surface area contributed by atoms with Gasteiger partial charge in [0.1, 0.15) is 5.75 Å². The van der Waals surface area contributed by atoms with Crippen molar-refractivity contribution in [3.05, 3.63) is 24.3 Å². The molecule has 0 amide bonds. The minimum Gasteiger partial charge on any atom is -0.435 e. The van der Waals surface area contributed by atoms with Crippen LogP contribution in [0.1, 0.15) is 20.8 Å². The lowest BCUT2D eigenvalue weighted by atomic mass is 10.2. The van der Waals surface area contributed by atoms with Crippen molar-refractivity contribution in [2.24, 2.45) is 4.03 Å². The predicted molar refractivity (Wildman–Crippen MR) is 85.0 cm³/mol. The van der Waals surface area contributed by atoms with Gasteiger partial charge in [0, 0.05) is 10.7 Å². The SMILES string of the molecule is CC(C)(C)[Si](C)(C)N=S(=O)(Cl)c1ccc(OC(F)F)cc1. The Morgan fingerprint density at radius 2 is 1.71 bits per heavy atom. The Labute approximate surface area is 130 Å². The van der Waals surface area contributed by atoms with E-state index in [0.29, 0.717) is 4.90 Å². The first-order valence-electron chi connectivity index (χ1n) is 6.38. The highest BCUT2D eigenvalue weighted by Crippen LogP contribution is 2.39. The summed E-state index contributed by atoms with van der Waals surface area (Å²) in [5.41, 5.74) is 0. The third kappa shape index (κ3) is 4.93. The van der Waals surface area contributed by atoms with Crippen molar-refractivity contribution in [3.63, 3.8) is 0 Å². The Balaban J connectivity index is 3.17. The number of ether oxygens (including phenoxy) is 1. The summed E-state index contributed by atoms with van der Waals surface area (Å²) in [6.07, 6.45) is 0. The van der Waals surface area contributed by atoms with E-state index in [1.54, 1.807) is 0 Å². The average molecular weight is 356 g/mol. The van der Waals surface area contributed by atoms with Crippen LogP contribution in [0.15, 0.2) is 33.2 Å². The lowest BCUT2D eigenvalue weighted by molar-refractivity contribution is -0.0498. The highest BCUT2D eigenvalue weighted by Gasteiger charge is 2.37. The number of hydrogen-bond acceptors (Lipinski definition) is 3. The Morgan fingerprint density at radius 1 is 1.24 bits per heavy atom. The van der Waals surface area contributed by atoms with Gasteiger partial charge in [0.25, 0.3) is 0 Å². The van der Waals surface area contributed by atoms with Gasteiger partial charge in [-0.05, 0) is 42.4 Å². The lowest BCUT2D eigenvalue weighted by Gasteiger charge is -2.32. The minimum absolute atomic E-state index is 0.00653. The molecule has 0 aliphatic carbocycles. The zero-order valence-corrected chi connectivity index (χ0v) is 15.3. The van der Waals surface area contributed by atoms with Crippen molar-refractivity contribution in [1.29, 1.82) is 0 Å². The molecule has 1 unspecified atom stereocenters. The summed E-state index contributed by atoms with van der Waals surface area (Å²) in [5.74, 6) is -0.00653. The fourth-order valence-electron chi connectivity index (χ4n) is 1.27. The molecule has 0 radical (unpaired) electrons. The maximum absolute atomic E-state index is 12.6. The van der Waals surface area contributed by atoms with Crippen molar-refractivity contribution in [2.45, 2.75) is 50.4 Å². The zero-order valence-electron chi connectivity index (χ0n) is 12.7. The molecule has 0 spiro atoms. The van der Waals surface area contributed by atoms with Crippen LogP contribution >= 0.6 is 10.7 Å². The molecule has 0 bridgehead atoms. The summed E-state index contributed by atoms with van der Waals surface area (Å²) in [6.45, 7) is 7.19. The second-order valence-corrected chi connectivity index (χ2v) is 14.2. The van der Waals surface area contributed by atoms with E-state index in [-0.39, 0.29) is 10.8 Å². The fraction of sp³-hybridized carbons (Fsp3) is 0.538. The van der Waals surface area contributed by atoms with Crippen molar-refractivity contribution < 1.29 is 17.7 Å². The number of rotatable bonds is 4. The van der Waals surface area contributed by atoms with Gasteiger partial charge in [0.2, 0.25) is 0 Å². The summed E-state index contributed by atoms with van der Waals surface area (Å²) in [5, 5.41) is -0.0940. The molecule has 0 aromatic heterocycles. The van der Waals surface area contributed by atoms with Gasteiger partial charge in [-0.15, -0.1) is 0 Å². The van der Waals surface area contributed by atoms with Gasteiger partial charge in [-0.1, -0.05) is 20.8 Å². The highest BCUT2D eigenvalue weighted by atomic mass is 35.7. The van der Waals surface area contributed by atoms with Gasteiger partial charge >= 0.3 is 6.61 Å². The number of nitrogens with zero attached hydrogens (tertiary/aromatic N) is 1. The molecule has 120 valence electrons. The van der Waals surface area contributed by atoms with Gasteiger partial charge in [-0.3, -0.25) is 4.03 Å². The van der Waals surface area contributed by atoms with Crippen LogP contribution in [-0.2, 0) is 8.94 Å². The quantitative estimate of drug-likeness (QED) is 0.544. The minimum atomic E-state index is -3.08. The van der Waals surface area contributed by atoms with E-state index in [4.69, 9.17) is 10.7 Å². The smallest absolute Gasteiger partial charge is 0.387 e. The summed E-state index contributed by atoms with van der Waals surface area (Å²) in [6, 6.07) is 5.43. The molecule has 0 heterocycles. The second kappa shape index (κ2) is 6.22. The third-order valence-corrected chi connectivity index (χ3v) is 12.0. The molecule has 0 fully saturated rings. The summed E-state index contributed by atoms with van der Waals surface area (Å²) in [7, 11) is 0.840. The second-order valence-electron chi connectivity index (χ2n) is 6.21. The number of halogens is 3. The zero-order chi connectivity index (χ0) is 16.5. The Bertz CT molecular complexity index is 606. The maximum atomic E-state index is 12.6. The van der Waals surface area contributed by atoms with E-state index >= 15 is 0 Å². The number of benzene rings is 1. The van der Waals surface area contributed by atoms with Gasteiger partial charge in [0.15, 0.2) is 17.2 Å². The predicted octanol–water partition coefficient (Wildman–Crippen LogP) is 5.27. The molecule has 8 heteroatoms. The molecule has 0 saturated heterocycles. The molecule has 1 rings (SSSR count). The van der Waals surface area contributed by atoms with Crippen molar-refractivity contribution in [2.75, 3.05) is 0 Å². The van der Waals surface area contributed by atoms with Gasteiger partial charge < -0.3 is 4.74 Å². The molecule has 1 atom stereocenters. The first kappa shape index (κ1) is 18.4. The summed E-state index contributed by atoms with van der Waals surface area (Å²) in [4.78, 5) is 0.301. The number of hydrogen-bond donors (Lipinski definition) is 0. The Hall–Kier alpha value is -0.663. The molecule has 3 nitrogen and oxygen atoms in total. The fourth-order valence-corrected chi connectivity index (χ4v) is 7.47. The summed E-state index contributed by atoms with van der Waals surface area (Å²) < 4.78 is 45.5. The first-order valence-corrected chi connectivity index (χ1v) is 11.7. The molecule has 1 aromatic rings. The topological polar surface area (TPSA) is 38.7 Å². The lowest BCUT2D eigenvalue weighted by Crippen LogP contribution is -2.35. The van der Waals surface area contributed by atoms with E-state index in [9.17, 15) is 13.0 Å².